The Morgan fingerprint density at radius 1 is 1.18 bits per heavy atom. The zero-order chi connectivity index (χ0) is 15.7. The van der Waals surface area contributed by atoms with E-state index in [1.165, 1.54) is 11.8 Å². The Hall–Kier alpha value is -1.62. The van der Waals surface area contributed by atoms with Crippen LogP contribution < -0.4 is 4.90 Å². The Morgan fingerprint density at radius 2 is 1.95 bits per heavy atom. The van der Waals surface area contributed by atoms with Gasteiger partial charge in [-0.1, -0.05) is 59.8 Å². The van der Waals surface area contributed by atoms with Gasteiger partial charge in [0.1, 0.15) is 0 Å². The van der Waals surface area contributed by atoms with Gasteiger partial charge in [-0.25, -0.2) is 0 Å². The lowest BCUT2D eigenvalue weighted by Gasteiger charge is -2.14. The largest absolute Gasteiger partial charge is 0.270 e. The number of thiocarbonyl (C=S) groups is 1. The van der Waals surface area contributed by atoms with Crippen LogP contribution in [0.5, 0.6) is 0 Å². The van der Waals surface area contributed by atoms with Crippen LogP contribution in [0.2, 0.25) is 5.02 Å². The molecule has 2 nitrogen and oxygen atoms in total. The van der Waals surface area contributed by atoms with Crippen LogP contribution in [0.4, 0.5) is 5.69 Å². The zero-order valence-electron chi connectivity index (χ0n) is 11.7. The maximum Gasteiger partial charge on any atom is 0.270 e. The predicted octanol–water partition coefficient (Wildman–Crippen LogP) is 5.05. The quantitative estimate of drug-likeness (QED) is 0.561. The Morgan fingerprint density at radius 3 is 2.68 bits per heavy atom. The van der Waals surface area contributed by atoms with Crippen molar-refractivity contribution in [1.29, 1.82) is 0 Å². The van der Waals surface area contributed by atoms with Crippen LogP contribution in [0.25, 0.3) is 6.08 Å². The van der Waals surface area contributed by atoms with E-state index < -0.39 is 0 Å². The molecule has 5 heteroatoms. The van der Waals surface area contributed by atoms with Gasteiger partial charge in [-0.15, -0.1) is 0 Å². The van der Waals surface area contributed by atoms with Gasteiger partial charge in [0.25, 0.3) is 5.91 Å². The summed E-state index contributed by atoms with van der Waals surface area (Å²) in [6.45, 7) is 1.99. The third-order valence-corrected chi connectivity index (χ3v) is 4.74. The number of hydrogen-bond donors (Lipinski definition) is 0. The molecule has 0 spiro atoms. The summed E-state index contributed by atoms with van der Waals surface area (Å²) < 4.78 is 0.545. The van der Waals surface area contributed by atoms with Gasteiger partial charge in [-0.05, 0) is 48.4 Å². The molecule has 1 aliphatic rings. The van der Waals surface area contributed by atoms with Gasteiger partial charge in [0.05, 0.1) is 10.6 Å². The van der Waals surface area contributed by atoms with Gasteiger partial charge in [-0.2, -0.15) is 0 Å². The second kappa shape index (κ2) is 6.24. The van der Waals surface area contributed by atoms with Crippen LogP contribution in [0, 0.1) is 6.92 Å². The minimum Gasteiger partial charge on any atom is -0.268 e. The van der Waals surface area contributed by atoms with E-state index in [4.69, 9.17) is 23.8 Å². The van der Waals surface area contributed by atoms with Crippen molar-refractivity contribution in [2.24, 2.45) is 0 Å². The molecule has 1 aliphatic heterocycles. The Balaban J connectivity index is 1.95. The Bertz CT molecular complexity index is 801. The molecule has 0 atom stereocenters. The normalized spacial score (nSPS) is 16.6. The van der Waals surface area contributed by atoms with Crippen molar-refractivity contribution >= 4 is 57.6 Å². The van der Waals surface area contributed by atoms with Crippen LogP contribution in [-0.4, -0.2) is 10.2 Å². The zero-order valence-corrected chi connectivity index (χ0v) is 14.1. The third kappa shape index (κ3) is 3.09. The van der Waals surface area contributed by atoms with Crippen molar-refractivity contribution in [2.75, 3.05) is 4.90 Å². The minimum atomic E-state index is -0.0967. The molecule has 0 unspecified atom stereocenters. The van der Waals surface area contributed by atoms with Crippen LogP contribution in [0.15, 0.2) is 53.4 Å². The first-order valence-electron chi connectivity index (χ1n) is 6.65. The molecule has 1 saturated heterocycles. The molecule has 0 aliphatic carbocycles. The predicted molar refractivity (Wildman–Crippen MR) is 98.3 cm³/mol. The van der Waals surface area contributed by atoms with E-state index in [2.05, 4.69) is 0 Å². The smallest absolute Gasteiger partial charge is 0.268 e. The number of nitrogens with zero attached hydrogens (tertiary/aromatic N) is 1. The molecule has 0 saturated carbocycles. The summed E-state index contributed by atoms with van der Waals surface area (Å²) in [6, 6.07) is 15.1. The van der Waals surface area contributed by atoms with E-state index in [1.54, 1.807) is 11.0 Å². The highest BCUT2D eigenvalue weighted by Crippen LogP contribution is 2.36. The summed E-state index contributed by atoms with van der Waals surface area (Å²) in [4.78, 5) is 14.8. The lowest BCUT2D eigenvalue weighted by molar-refractivity contribution is -0.113. The lowest BCUT2D eigenvalue weighted by Crippen LogP contribution is -2.27. The maximum absolute atomic E-state index is 12.6. The molecule has 0 radical (unpaired) electrons. The van der Waals surface area contributed by atoms with Crippen LogP contribution in [0.3, 0.4) is 0 Å². The highest BCUT2D eigenvalue weighted by atomic mass is 35.5. The number of rotatable bonds is 2. The first kappa shape index (κ1) is 15.3. The molecule has 2 aromatic rings. The number of halogens is 1. The van der Waals surface area contributed by atoms with Crippen molar-refractivity contribution in [3.8, 4) is 0 Å². The summed E-state index contributed by atoms with van der Waals surface area (Å²) >= 11 is 12.7. The Labute approximate surface area is 143 Å². The number of thioether (sulfide) groups is 1. The molecule has 1 fully saturated rings. The molecule has 2 aromatic carbocycles. The molecule has 0 bridgehead atoms. The maximum atomic E-state index is 12.6. The van der Waals surface area contributed by atoms with Gasteiger partial charge in [-0.3, -0.25) is 9.69 Å². The monoisotopic (exact) mass is 345 g/mol. The minimum absolute atomic E-state index is 0.0967. The average molecular weight is 346 g/mol. The van der Waals surface area contributed by atoms with Gasteiger partial charge < -0.3 is 0 Å². The first-order chi connectivity index (χ1) is 10.5. The second-order valence-corrected chi connectivity index (χ2v) is 7.02. The molecule has 1 amide bonds. The van der Waals surface area contributed by atoms with Crippen molar-refractivity contribution in [3.63, 3.8) is 0 Å². The highest BCUT2D eigenvalue weighted by molar-refractivity contribution is 8.27. The molecule has 110 valence electrons. The van der Waals surface area contributed by atoms with Gasteiger partial charge in [0.15, 0.2) is 4.32 Å². The van der Waals surface area contributed by atoms with Crippen LogP contribution in [-0.2, 0) is 4.79 Å². The third-order valence-electron chi connectivity index (χ3n) is 3.20. The van der Waals surface area contributed by atoms with Crippen molar-refractivity contribution < 1.29 is 4.79 Å². The average Bonchev–Trinajstić information content (AvgIpc) is 2.73. The van der Waals surface area contributed by atoms with Crippen LogP contribution >= 0.6 is 35.6 Å². The number of anilines is 1. The van der Waals surface area contributed by atoms with Gasteiger partial charge in [0.2, 0.25) is 0 Å². The Kier molecular flexibility index (Phi) is 4.34. The van der Waals surface area contributed by atoms with E-state index in [-0.39, 0.29) is 5.91 Å². The fourth-order valence-corrected chi connectivity index (χ4v) is 3.70. The number of carbonyl (C=O) groups excluding carboxylic acids is 1. The summed E-state index contributed by atoms with van der Waals surface area (Å²) in [5.74, 6) is -0.0967. The van der Waals surface area contributed by atoms with E-state index in [0.717, 1.165) is 16.8 Å². The van der Waals surface area contributed by atoms with Gasteiger partial charge >= 0.3 is 0 Å². The number of benzene rings is 2. The summed E-state index contributed by atoms with van der Waals surface area (Å²) in [7, 11) is 0. The molecular formula is C17H12ClNOS2. The molecule has 22 heavy (non-hydrogen) atoms. The number of carbonyl (C=O) groups is 1. The molecule has 3 rings (SSSR count). The van der Waals surface area contributed by atoms with Crippen molar-refractivity contribution in [3.05, 3.63) is 69.6 Å². The first-order valence-corrected chi connectivity index (χ1v) is 8.25. The highest BCUT2D eigenvalue weighted by Gasteiger charge is 2.33. The number of hydrogen-bond acceptors (Lipinski definition) is 3. The van der Waals surface area contributed by atoms with Gasteiger partial charge in [0, 0.05) is 5.02 Å². The molecule has 1 heterocycles. The molecule has 0 aromatic heterocycles. The fourth-order valence-electron chi connectivity index (χ4n) is 2.21. The van der Waals surface area contributed by atoms with E-state index in [0.29, 0.717) is 14.2 Å². The number of amides is 1. The summed E-state index contributed by atoms with van der Waals surface area (Å²) in [5, 5.41) is 0.642. The fraction of sp³-hybridized carbons (Fsp3) is 0.0588. The van der Waals surface area contributed by atoms with Crippen molar-refractivity contribution in [2.45, 2.75) is 6.92 Å². The molecule has 0 N–H and O–H groups in total. The topological polar surface area (TPSA) is 20.3 Å². The summed E-state index contributed by atoms with van der Waals surface area (Å²) in [6.07, 6.45) is 1.82. The van der Waals surface area contributed by atoms with E-state index >= 15 is 0 Å². The standard InChI is InChI=1S/C17H12ClNOS2/c1-11-4-2-7-14(8-11)19-16(20)15(22-17(19)21)10-12-5-3-6-13(18)9-12/h2-10H,1H3/b15-10+. The van der Waals surface area contributed by atoms with E-state index in [1.807, 2.05) is 55.5 Å². The van der Waals surface area contributed by atoms with Crippen LogP contribution in [0.1, 0.15) is 11.1 Å². The summed E-state index contributed by atoms with van der Waals surface area (Å²) in [5.41, 5.74) is 2.78. The number of aryl methyl sites for hydroxylation is 1. The van der Waals surface area contributed by atoms with E-state index in [9.17, 15) is 4.79 Å². The second-order valence-electron chi connectivity index (χ2n) is 4.91. The van der Waals surface area contributed by atoms with Crippen molar-refractivity contribution in [1.82, 2.24) is 0 Å². The lowest BCUT2D eigenvalue weighted by atomic mass is 10.2. The molecular weight excluding hydrogens is 334 g/mol. The SMILES string of the molecule is Cc1cccc(N2C(=O)/C(=C\c3cccc(Cl)c3)SC2=S)c1.